The van der Waals surface area contributed by atoms with Gasteiger partial charge in [-0.15, -0.1) is 0 Å². The van der Waals surface area contributed by atoms with Crippen LogP contribution in [0.25, 0.3) is 11.3 Å². The number of pyridine rings is 1. The van der Waals surface area contributed by atoms with Crippen LogP contribution >= 0.6 is 47.8 Å². The van der Waals surface area contributed by atoms with Crippen molar-refractivity contribution in [3.8, 4) is 17.0 Å². The molecule has 0 fully saturated rings. The topological polar surface area (TPSA) is 22.1 Å². The van der Waals surface area contributed by atoms with Crippen molar-refractivity contribution < 1.29 is 4.74 Å². The van der Waals surface area contributed by atoms with Gasteiger partial charge in [-0.3, -0.25) is 0 Å². The zero-order chi connectivity index (χ0) is 16.2. The molecule has 3 aromatic rings. The number of benzene rings is 2. The Labute approximate surface area is 160 Å². The van der Waals surface area contributed by atoms with E-state index in [1.54, 1.807) is 0 Å². The maximum Gasteiger partial charge on any atom is 0.143 e. The van der Waals surface area contributed by atoms with Crippen molar-refractivity contribution in [2.45, 2.75) is 6.61 Å². The van der Waals surface area contributed by atoms with Gasteiger partial charge >= 0.3 is 0 Å². The summed E-state index contributed by atoms with van der Waals surface area (Å²) in [4.78, 5) is 4.54. The smallest absolute Gasteiger partial charge is 0.143 e. The zero-order valence-electron chi connectivity index (χ0n) is 12.0. The van der Waals surface area contributed by atoms with Gasteiger partial charge < -0.3 is 4.74 Å². The number of halogens is 3. The average Bonchev–Trinajstić information content (AvgIpc) is 2.54. The molecule has 2 nitrogen and oxygen atoms in total. The van der Waals surface area contributed by atoms with E-state index in [1.807, 2.05) is 60.7 Å². The monoisotopic (exact) mass is 495 g/mol. The summed E-state index contributed by atoms with van der Waals surface area (Å²) in [5, 5.41) is 0. The Balaban J connectivity index is 1.98. The van der Waals surface area contributed by atoms with Gasteiger partial charge in [0, 0.05) is 10.0 Å². The van der Waals surface area contributed by atoms with E-state index in [4.69, 9.17) is 4.74 Å². The highest BCUT2D eigenvalue weighted by molar-refractivity contribution is 9.11. The second-order valence-corrected chi connectivity index (χ2v) is 7.47. The molecule has 1 heterocycles. The zero-order valence-corrected chi connectivity index (χ0v) is 16.7. The highest BCUT2D eigenvalue weighted by Gasteiger charge is 2.14. The maximum atomic E-state index is 6.08. The number of hydrogen-bond acceptors (Lipinski definition) is 2. The van der Waals surface area contributed by atoms with Gasteiger partial charge in [0.05, 0.1) is 10.2 Å². The van der Waals surface area contributed by atoms with Crippen LogP contribution in [0, 0.1) is 0 Å². The first-order valence-corrected chi connectivity index (χ1v) is 9.30. The summed E-state index contributed by atoms with van der Waals surface area (Å²) >= 11 is 10.5. The Bertz CT molecular complexity index is 822. The molecule has 0 radical (unpaired) electrons. The highest BCUT2D eigenvalue weighted by atomic mass is 79.9. The van der Waals surface area contributed by atoms with Gasteiger partial charge in [-0.05, 0) is 61.7 Å². The van der Waals surface area contributed by atoms with Crippen molar-refractivity contribution in [1.82, 2.24) is 4.98 Å². The summed E-state index contributed by atoms with van der Waals surface area (Å²) in [7, 11) is 0. The quantitative estimate of drug-likeness (QED) is 0.378. The van der Waals surface area contributed by atoms with Crippen molar-refractivity contribution >= 4 is 47.8 Å². The second-order valence-electron chi connectivity index (χ2n) is 4.88. The third-order valence-corrected chi connectivity index (χ3v) is 4.71. The number of rotatable bonds is 4. The Kier molecular flexibility index (Phi) is 5.51. The first-order chi connectivity index (χ1) is 11.1. The van der Waals surface area contributed by atoms with E-state index >= 15 is 0 Å². The minimum atomic E-state index is 0.502. The lowest BCUT2D eigenvalue weighted by Gasteiger charge is -2.14. The van der Waals surface area contributed by atoms with Crippen LogP contribution in [-0.2, 0) is 6.61 Å². The van der Waals surface area contributed by atoms with Crippen LogP contribution in [0.2, 0.25) is 0 Å². The molecule has 2 aromatic carbocycles. The molecule has 0 saturated carbocycles. The lowest BCUT2D eigenvalue weighted by atomic mass is 10.1. The molecule has 3 rings (SSSR count). The van der Waals surface area contributed by atoms with Crippen LogP contribution in [0.4, 0.5) is 0 Å². The Hall–Kier alpha value is -1.17. The van der Waals surface area contributed by atoms with Crippen molar-refractivity contribution in [2.24, 2.45) is 0 Å². The van der Waals surface area contributed by atoms with E-state index in [9.17, 15) is 0 Å². The maximum absolute atomic E-state index is 6.08. The number of nitrogens with zero attached hydrogens (tertiary/aromatic N) is 1. The van der Waals surface area contributed by atoms with Crippen LogP contribution in [0.1, 0.15) is 5.56 Å². The molecular weight excluding hydrogens is 486 g/mol. The molecule has 0 aliphatic rings. The van der Waals surface area contributed by atoms with Crippen LogP contribution in [-0.4, -0.2) is 4.98 Å². The average molecular weight is 498 g/mol. The molecule has 0 aliphatic carbocycles. The summed E-state index contributed by atoms with van der Waals surface area (Å²) in [6.07, 6.45) is 0. The molecule has 0 amide bonds. The lowest BCUT2D eigenvalue weighted by molar-refractivity contribution is 0.305. The standard InChI is InChI=1S/C18H12Br3NO/c19-13-9-14(16-7-4-8-17(21)22-16)18(15(20)10-13)23-11-12-5-2-1-3-6-12/h1-10H,11H2. The summed E-state index contributed by atoms with van der Waals surface area (Å²) in [6, 6.07) is 19.9. The van der Waals surface area contributed by atoms with Crippen molar-refractivity contribution in [3.05, 3.63) is 79.8 Å². The van der Waals surface area contributed by atoms with Gasteiger partial charge in [0.1, 0.15) is 17.0 Å². The predicted octanol–water partition coefficient (Wildman–Crippen LogP) is 6.62. The van der Waals surface area contributed by atoms with Crippen molar-refractivity contribution in [2.75, 3.05) is 0 Å². The molecule has 0 saturated heterocycles. The Morgan fingerprint density at radius 1 is 0.870 bits per heavy atom. The van der Waals surface area contributed by atoms with Gasteiger partial charge in [-0.2, -0.15) is 0 Å². The predicted molar refractivity (Wildman–Crippen MR) is 104 cm³/mol. The van der Waals surface area contributed by atoms with E-state index in [0.29, 0.717) is 6.61 Å². The summed E-state index contributed by atoms with van der Waals surface area (Å²) in [5.74, 6) is 0.780. The SMILES string of the molecule is Brc1cc(Br)c(OCc2ccccc2)c(-c2cccc(Br)n2)c1. The fourth-order valence-electron chi connectivity index (χ4n) is 2.19. The largest absolute Gasteiger partial charge is 0.487 e. The minimum absolute atomic E-state index is 0.502. The number of ether oxygens (including phenoxy) is 1. The van der Waals surface area contributed by atoms with E-state index < -0.39 is 0 Å². The van der Waals surface area contributed by atoms with Crippen LogP contribution in [0.15, 0.2) is 74.2 Å². The van der Waals surface area contributed by atoms with Gasteiger partial charge in [0.15, 0.2) is 0 Å². The molecular formula is C18H12Br3NO. The normalized spacial score (nSPS) is 10.6. The van der Waals surface area contributed by atoms with Gasteiger partial charge in [0.2, 0.25) is 0 Å². The molecule has 0 bridgehead atoms. The first-order valence-electron chi connectivity index (χ1n) is 6.92. The van der Waals surface area contributed by atoms with Gasteiger partial charge in [0.25, 0.3) is 0 Å². The lowest BCUT2D eigenvalue weighted by Crippen LogP contribution is -1.98. The molecule has 1 aromatic heterocycles. The summed E-state index contributed by atoms with van der Waals surface area (Å²) < 4.78 is 8.73. The van der Waals surface area contributed by atoms with Crippen LogP contribution < -0.4 is 4.74 Å². The van der Waals surface area contributed by atoms with E-state index in [-0.39, 0.29) is 0 Å². The fourth-order valence-corrected chi connectivity index (χ4v) is 3.87. The molecule has 116 valence electrons. The number of aromatic nitrogens is 1. The van der Waals surface area contributed by atoms with Crippen molar-refractivity contribution in [1.29, 1.82) is 0 Å². The van der Waals surface area contributed by atoms with Crippen LogP contribution in [0.5, 0.6) is 5.75 Å². The third kappa shape index (κ3) is 4.22. The van der Waals surface area contributed by atoms with Crippen molar-refractivity contribution in [3.63, 3.8) is 0 Å². The fraction of sp³-hybridized carbons (Fsp3) is 0.0556. The minimum Gasteiger partial charge on any atom is -0.487 e. The van der Waals surface area contributed by atoms with E-state index in [0.717, 1.165) is 36.1 Å². The number of hydrogen-bond donors (Lipinski definition) is 0. The third-order valence-electron chi connectivity index (χ3n) is 3.23. The molecule has 0 atom stereocenters. The van der Waals surface area contributed by atoms with Gasteiger partial charge in [-0.25, -0.2) is 4.98 Å². The molecule has 5 heteroatoms. The molecule has 0 aliphatic heterocycles. The van der Waals surface area contributed by atoms with Crippen LogP contribution in [0.3, 0.4) is 0 Å². The highest BCUT2D eigenvalue weighted by Crippen LogP contribution is 2.39. The molecule has 0 spiro atoms. The Morgan fingerprint density at radius 2 is 1.65 bits per heavy atom. The van der Waals surface area contributed by atoms with E-state index in [1.165, 1.54) is 0 Å². The summed E-state index contributed by atoms with van der Waals surface area (Å²) in [6.45, 7) is 0.502. The Morgan fingerprint density at radius 3 is 2.39 bits per heavy atom. The van der Waals surface area contributed by atoms with E-state index in [2.05, 4.69) is 52.8 Å². The summed E-state index contributed by atoms with van der Waals surface area (Å²) in [5.41, 5.74) is 2.91. The molecule has 0 unspecified atom stereocenters. The first kappa shape index (κ1) is 16.7. The molecule has 0 N–H and O–H groups in total. The second kappa shape index (κ2) is 7.60. The van der Waals surface area contributed by atoms with Gasteiger partial charge in [-0.1, -0.05) is 52.3 Å². The molecule has 23 heavy (non-hydrogen) atoms.